The third-order valence-electron chi connectivity index (χ3n) is 2.38. The van der Waals surface area contributed by atoms with E-state index in [2.05, 4.69) is 20.6 Å². The topological polar surface area (TPSA) is 86.9 Å². The Bertz CT molecular complexity index is 620. The Morgan fingerprint density at radius 1 is 1.53 bits per heavy atom. The van der Waals surface area contributed by atoms with Crippen molar-refractivity contribution < 1.29 is 4.79 Å². The van der Waals surface area contributed by atoms with Crippen LogP contribution in [-0.2, 0) is 6.54 Å². The molecule has 0 spiro atoms. The normalized spacial score (nSPS) is 10.2. The highest BCUT2D eigenvalue weighted by atomic mass is 32.1. The van der Waals surface area contributed by atoms with Gasteiger partial charge in [-0.1, -0.05) is 11.3 Å². The molecule has 0 radical (unpaired) electrons. The maximum atomic E-state index is 11.9. The monoisotopic (exact) mass is 278 g/mol. The largest absolute Gasteiger partial charge is 0.385 e. The van der Waals surface area contributed by atoms with E-state index in [9.17, 15) is 9.59 Å². The van der Waals surface area contributed by atoms with E-state index in [-0.39, 0.29) is 17.3 Å². The number of thiazole rings is 1. The van der Waals surface area contributed by atoms with E-state index in [0.29, 0.717) is 11.4 Å². The van der Waals surface area contributed by atoms with Crippen LogP contribution in [0.5, 0.6) is 0 Å². The van der Waals surface area contributed by atoms with Gasteiger partial charge >= 0.3 is 4.87 Å². The molecule has 0 aliphatic heterocycles. The second-order valence-corrected chi connectivity index (χ2v) is 4.66. The Labute approximate surface area is 113 Å². The molecule has 2 rings (SSSR count). The molecule has 0 saturated carbocycles. The highest BCUT2D eigenvalue weighted by Gasteiger charge is 2.08. The smallest absolute Gasteiger partial charge is 0.304 e. The lowest BCUT2D eigenvalue weighted by Crippen LogP contribution is -2.24. The van der Waals surface area contributed by atoms with Gasteiger partial charge in [-0.05, 0) is 19.1 Å². The van der Waals surface area contributed by atoms with Crippen molar-refractivity contribution in [1.82, 2.24) is 15.3 Å². The van der Waals surface area contributed by atoms with Gasteiger partial charge in [0.2, 0.25) is 0 Å². The van der Waals surface area contributed by atoms with Crippen LogP contribution in [-0.4, -0.2) is 22.4 Å². The van der Waals surface area contributed by atoms with Crippen molar-refractivity contribution >= 4 is 22.9 Å². The van der Waals surface area contributed by atoms with Crippen LogP contribution in [0.25, 0.3) is 0 Å². The van der Waals surface area contributed by atoms with Gasteiger partial charge in [0.25, 0.3) is 5.91 Å². The summed E-state index contributed by atoms with van der Waals surface area (Å²) in [6.45, 7) is 3.04. The number of hydrogen-bond donors (Lipinski definition) is 3. The molecule has 0 aliphatic carbocycles. The van der Waals surface area contributed by atoms with E-state index in [1.54, 1.807) is 23.7 Å². The number of pyridine rings is 1. The van der Waals surface area contributed by atoms with Crippen LogP contribution >= 0.6 is 11.3 Å². The number of rotatable bonds is 5. The Morgan fingerprint density at radius 2 is 2.37 bits per heavy atom. The van der Waals surface area contributed by atoms with Crippen molar-refractivity contribution in [1.29, 1.82) is 0 Å². The van der Waals surface area contributed by atoms with Crippen LogP contribution in [0.4, 0.5) is 5.69 Å². The van der Waals surface area contributed by atoms with Crippen LogP contribution in [0.15, 0.2) is 28.5 Å². The summed E-state index contributed by atoms with van der Waals surface area (Å²) in [5, 5.41) is 7.50. The van der Waals surface area contributed by atoms with Gasteiger partial charge in [-0.2, -0.15) is 0 Å². The maximum Gasteiger partial charge on any atom is 0.304 e. The predicted molar refractivity (Wildman–Crippen MR) is 74.5 cm³/mol. The molecule has 0 unspecified atom stereocenters. The van der Waals surface area contributed by atoms with Crippen LogP contribution in [0.1, 0.15) is 23.1 Å². The molecule has 2 aromatic rings. The van der Waals surface area contributed by atoms with E-state index in [4.69, 9.17) is 0 Å². The van der Waals surface area contributed by atoms with Crippen molar-refractivity contribution in [2.24, 2.45) is 0 Å². The number of carbonyl (C=O) groups excluding carboxylic acids is 1. The molecule has 2 heterocycles. The van der Waals surface area contributed by atoms with Gasteiger partial charge in [-0.25, -0.2) is 0 Å². The zero-order chi connectivity index (χ0) is 13.7. The molecule has 6 nitrogen and oxygen atoms in total. The number of hydrogen-bond acceptors (Lipinski definition) is 5. The molecular formula is C12H14N4O2S. The van der Waals surface area contributed by atoms with Gasteiger partial charge in [-0.3, -0.25) is 14.6 Å². The SMILES string of the molecule is CCNc1ccnc(C(=O)NCc2csc(=O)[nH]2)c1. The van der Waals surface area contributed by atoms with Crippen molar-refractivity contribution in [2.45, 2.75) is 13.5 Å². The number of H-pyrrole nitrogens is 1. The van der Waals surface area contributed by atoms with Crippen LogP contribution in [0, 0.1) is 0 Å². The summed E-state index contributed by atoms with van der Waals surface area (Å²) in [5.74, 6) is -0.271. The number of aromatic nitrogens is 2. The number of nitrogens with one attached hydrogen (secondary N) is 3. The van der Waals surface area contributed by atoms with Crippen LogP contribution in [0.2, 0.25) is 0 Å². The Hall–Kier alpha value is -2.15. The third kappa shape index (κ3) is 3.65. The summed E-state index contributed by atoms with van der Waals surface area (Å²) in [6.07, 6.45) is 1.58. The zero-order valence-electron chi connectivity index (χ0n) is 10.4. The molecule has 0 aliphatic rings. The fourth-order valence-electron chi connectivity index (χ4n) is 1.54. The molecule has 0 atom stereocenters. The molecule has 1 amide bonds. The molecule has 0 bridgehead atoms. The number of anilines is 1. The summed E-state index contributed by atoms with van der Waals surface area (Å²) in [6, 6.07) is 3.49. The predicted octanol–water partition coefficient (Wildman–Crippen LogP) is 1.19. The van der Waals surface area contributed by atoms with Gasteiger partial charge in [0.1, 0.15) is 5.69 Å². The summed E-state index contributed by atoms with van der Waals surface area (Å²) in [5.41, 5.74) is 1.88. The summed E-state index contributed by atoms with van der Waals surface area (Å²) in [4.78, 5) is 29.4. The quantitative estimate of drug-likeness (QED) is 0.767. The molecule has 2 aromatic heterocycles. The molecule has 0 aromatic carbocycles. The van der Waals surface area contributed by atoms with Crippen LogP contribution in [0.3, 0.4) is 0 Å². The minimum atomic E-state index is -0.271. The highest BCUT2D eigenvalue weighted by Crippen LogP contribution is 2.07. The van der Waals surface area contributed by atoms with Gasteiger partial charge in [0.05, 0.1) is 6.54 Å². The Kier molecular flexibility index (Phi) is 4.30. The lowest BCUT2D eigenvalue weighted by atomic mass is 10.3. The zero-order valence-corrected chi connectivity index (χ0v) is 11.2. The van der Waals surface area contributed by atoms with Gasteiger partial charge in [0, 0.05) is 29.5 Å². The summed E-state index contributed by atoms with van der Waals surface area (Å²) in [7, 11) is 0. The minimum absolute atomic E-state index is 0.128. The number of aromatic amines is 1. The standard InChI is InChI=1S/C12H14N4O2S/c1-2-13-8-3-4-14-10(5-8)11(17)15-6-9-7-19-12(18)16-9/h3-5,7H,2,6H2,1H3,(H,13,14)(H,15,17)(H,16,18). The van der Waals surface area contributed by atoms with Crippen molar-refractivity contribution in [3.63, 3.8) is 0 Å². The van der Waals surface area contributed by atoms with Gasteiger partial charge < -0.3 is 15.6 Å². The molecule has 0 saturated heterocycles. The third-order valence-corrected chi connectivity index (χ3v) is 3.10. The fraction of sp³-hybridized carbons (Fsp3) is 0.250. The molecule has 100 valence electrons. The first kappa shape index (κ1) is 13.3. The molecule has 0 fully saturated rings. The van der Waals surface area contributed by atoms with E-state index < -0.39 is 0 Å². The number of nitrogens with zero attached hydrogens (tertiary/aromatic N) is 1. The van der Waals surface area contributed by atoms with Crippen molar-refractivity contribution in [2.75, 3.05) is 11.9 Å². The highest BCUT2D eigenvalue weighted by molar-refractivity contribution is 7.07. The van der Waals surface area contributed by atoms with Crippen LogP contribution < -0.4 is 15.5 Å². The van der Waals surface area contributed by atoms with E-state index in [1.165, 1.54) is 0 Å². The van der Waals surface area contributed by atoms with E-state index in [0.717, 1.165) is 23.6 Å². The Morgan fingerprint density at radius 3 is 3.05 bits per heavy atom. The van der Waals surface area contributed by atoms with Crippen molar-refractivity contribution in [3.05, 3.63) is 44.8 Å². The lowest BCUT2D eigenvalue weighted by Gasteiger charge is -2.06. The number of carbonyl (C=O) groups is 1. The lowest BCUT2D eigenvalue weighted by molar-refractivity contribution is 0.0945. The Balaban J connectivity index is 1.99. The average molecular weight is 278 g/mol. The summed E-state index contributed by atoms with van der Waals surface area (Å²) >= 11 is 1.07. The van der Waals surface area contributed by atoms with Gasteiger partial charge in [0.15, 0.2) is 0 Å². The van der Waals surface area contributed by atoms with Gasteiger partial charge in [-0.15, -0.1) is 0 Å². The summed E-state index contributed by atoms with van der Waals surface area (Å²) < 4.78 is 0. The van der Waals surface area contributed by atoms with E-state index >= 15 is 0 Å². The first-order valence-corrected chi connectivity index (χ1v) is 6.72. The molecule has 7 heteroatoms. The number of amides is 1. The van der Waals surface area contributed by atoms with Crippen molar-refractivity contribution in [3.8, 4) is 0 Å². The maximum absolute atomic E-state index is 11.9. The second-order valence-electron chi connectivity index (χ2n) is 3.82. The fourth-order valence-corrected chi connectivity index (χ4v) is 2.12. The van der Waals surface area contributed by atoms with E-state index in [1.807, 2.05) is 6.92 Å². The molecular weight excluding hydrogens is 264 g/mol. The minimum Gasteiger partial charge on any atom is -0.385 e. The second kappa shape index (κ2) is 6.14. The molecule has 3 N–H and O–H groups in total. The molecule has 19 heavy (non-hydrogen) atoms. The average Bonchev–Trinajstić information content (AvgIpc) is 2.82. The first-order chi connectivity index (χ1) is 9.19. The first-order valence-electron chi connectivity index (χ1n) is 5.84.